The predicted molar refractivity (Wildman–Crippen MR) is 94.5 cm³/mol. The van der Waals surface area contributed by atoms with Gasteiger partial charge in [-0.05, 0) is 81.0 Å². The Hall–Kier alpha value is -1.61. The van der Waals surface area contributed by atoms with Gasteiger partial charge in [0.05, 0.1) is 5.56 Å². The number of amides is 3. The van der Waals surface area contributed by atoms with E-state index in [1.165, 1.54) is 0 Å². The number of halogens is 2. The van der Waals surface area contributed by atoms with E-state index in [0.29, 0.717) is 16.9 Å². The van der Waals surface area contributed by atoms with E-state index in [4.69, 9.17) is 5.73 Å². The molecule has 0 radical (unpaired) electrons. The number of carbonyl (C=O) groups is 2. The molecule has 0 aliphatic heterocycles. The molecule has 0 saturated heterocycles. The molecule has 0 aromatic heterocycles. The zero-order valence-corrected chi connectivity index (χ0v) is 14.4. The summed E-state index contributed by atoms with van der Waals surface area (Å²) in [6.07, 6.45) is 0. The van der Waals surface area contributed by atoms with Gasteiger partial charge >= 0.3 is 6.03 Å². The van der Waals surface area contributed by atoms with E-state index in [2.05, 4.69) is 49.2 Å². The molecule has 2 aromatic rings. The zero-order chi connectivity index (χ0) is 15.4. The van der Waals surface area contributed by atoms with Gasteiger partial charge in [-0.2, -0.15) is 0 Å². The number of nitrogens with two attached hydrogens (primary N) is 1. The summed E-state index contributed by atoms with van der Waals surface area (Å²) < 4.78 is 1.70. The predicted octanol–water partition coefficient (Wildman–Crippen LogP) is 3.80. The second-order valence-corrected chi connectivity index (χ2v) is 6.24. The summed E-state index contributed by atoms with van der Waals surface area (Å²) in [5.74, 6) is -0.212. The Morgan fingerprint density at radius 1 is 1.00 bits per heavy atom. The summed E-state index contributed by atoms with van der Waals surface area (Å²) in [4.78, 5) is 22.9. The SMILES string of the molecule is NC(=O)Nc1ccc(NC(=O)c2cc(I)ccc2Br)cc1. The lowest BCUT2D eigenvalue weighted by atomic mass is 10.2. The van der Waals surface area contributed by atoms with Gasteiger partial charge in [-0.25, -0.2) is 4.79 Å². The van der Waals surface area contributed by atoms with Crippen LogP contribution in [0.5, 0.6) is 0 Å². The molecule has 7 heteroatoms. The largest absolute Gasteiger partial charge is 0.351 e. The van der Waals surface area contributed by atoms with E-state index in [1.807, 2.05) is 12.1 Å². The molecule has 5 nitrogen and oxygen atoms in total. The molecule has 2 aromatic carbocycles. The molecule has 0 fully saturated rings. The number of primary amides is 1. The molecule has 0 unspecified atom stereocenters. The Balaban J connectivity index is 2.12. The van der Waals surface area contributed by atoms with Crippen molar-refractivity contribution in [3.63, 3.8) is 0 Å². The van der Waals surface area contributed by atoms with Crippen LogP contribution in [0.15, 0.2) is 46.9 Å². The van der Waals surface area contributed by atoms with Crippen LogP contribution in [-0.4, -0.2) is 11.9 Å². The van der Waals surface area contributed by atoms with Gasteiger partial charge < -0.3 is 16.4 Å². The van der Waals surface area contributed by atoms with Crippen molar-refractivity contribution < 1.29 is 9.59 Å². The van der Waals surface area contributed by atoms with Gasteiger partial charge in [-0.3, -0.25) is 4.79 Å². The molecule has 21 heavy (non-hydrogen) atoms. The third-order valence-corrected chi connectivity index (χ3v) is 3.95. The molecular weight excluding hydrogens is 449 g/mol. The minimum absolute atomic E-state index is 0.212. The molecular formula is C14H11BrIN3O2. The van der Waals surface area contributed by atoms with E-state index < -0.39 is 6.03 Å². The maximum Gasteiger partial charge on any atom is 0.316 e. The highest BCUT2D eigenvalue weighted by Crippen LogP contribution is 2.21. The van der Waals surface area contributed by atoms with Crippen molar-refractivity contribution in [1.29, 1.82) is 0 Å². The van der Waals surface area contributed by atoms with E-state index in [0.717, 1.165) is 8.04 Å². The molecule has 0 aliphatic carbocycles. The number of urea groups is 1. The second-order valence-electron chi connectivity index (χ2n) is 4.14. The maximum absolute atomic E-state index is 12.2. The smallest absolute Gasteiger partial charge is 0.316 e. The van der Waals surface area contributed by atoms with Gasteiger partial charge in [0.1, 0.15) is 0 Å². The Bertz CT molecular complexity index is 689. The summed E-state index contributed by atoms with van der Waals surface area (Å²) >= 11 is 5.51. The van der Waals surface area contributed by atoms with Crippen LogP contribution in [0.3, 0.4) is 0 Å². The van der Waals surface area contributed by atoms with E-state index in [9.17, 15) is 9.59 Å². The number of nitrogens with one attached hydrogen (secondary N) is 2. The Labute approximate surface area is 143 Å². The normalized spacial score (nSPS) is 10.0. The quantitative estimate of drug-likeness (QED) is 0.610. The molecule has 0 spiro atoms. The second kappa shape index (κ2) is 6.90. The average Bonchev–Trinajstić information content (AvgIpc) is 2.43. The molecule has 0 bridgehead atoms. The molecule has 0 aliphatic rings. The minimum Gasteiger partial charge on any atom is -0.351 e. The number of hydrogen-bond donors (Lipinski definition) is 3. The third kappa shape index (κ3) is 4.43. The monoisotopic (exact) mass is 459 g/mol. The Kier molecular flexibility index (Phi) is 5.18. The lowest BCUT2D eigenvalue weighted by molar-refractivity contribution is 0.102. The van der Waals surface area contributed by atoms with Crippen LogP contribution in [0.25, 0.3) is 0 Å². The van der Waals surface area contributed by atoms with Crippen molar-refractivity contribution in [3.8, 4) is 0 Å². The van der Waals surface area contributed by atoms with Crippen molar-refractivity contribution in [2.75, 3.05) is 10.6 Å². The van der Waals surface area contributed by atoms with E-state index in [-0.39, 0.29) is 5.91 Å². The topological polar surface area (TPSA) is 84.2 Å². The van der Waals surface area contributed by atoms with Crippen LogP contribution in [0, 0.1) is 3.57 Å². The highest BCUT2D eigenvalue weighted by atomic mass is 127. The molecule has 0 saturated carbocycles. The highest BCUT2D eigenvalue weighted by molar-refractivity contribution is 14.1. The van der Waals surface area contributed by atoms with Gasteiger partial charge in [0, 0.05) is 19.4 Å². The Morgan fingerprint density at radius 2 is 1.57 bits per heavy atom. The summed E-state index contributed by atoms with van der Waals surface area (Å²) in [5.41, 5.74) is 6.77. The molecule has 108 valence electrons. The molecule has 0 heterocycles. The number of carbonyl (C=O) groups excluding carboxylic acids is 2. The van der Waals surface area contributed by atoms with Crippen molar-refractivity contribution in [1.82, 2.24) is 0 Å². The first-order valence-corrected chi connectivity index (χ1v) is 7.76. The average molecular weight is 460 g/mol. The number of rotatable bonds is 3. The van der Waals surface area contributed by atoms with Gasteiger partial charge in [0.15, 0.2) is 0 Å². The maximum atomic E-state index is 12.2. The van der Waals surface area contributed by atoms with Crippen molar-refractivity contribution >= 4 is 61.8 Å². The number of benzene rings is 2. The summed E-state index contributed by atoms with van der Waals surface area (Å²) in [5, 5.41) is 5.24. The van der Waals surface area contributed by atoms with E-state index >= 15 is 0 Å². The molecule has 3 amide bonds. The van der Waals surface area contributed by atoms with Crippen LogP contribution < -0.4 is 16.4 Å². The lowest BCUT2D eigenvalue weighted by Gasteiger charge is -2.08. The zero-order valence-electron chi connectivity index (χ0n) is 10.7. The fourth-order valence-corrected chi connectivity index (χ4v) is 2.57. The summed E-state index contributed by atoms with van der Waals surface area (Å²) in [7, 11) is 0. The lowest BCUT2D eigenvalue weighted by Crippen LogP contribution is -2.19. The van der Waals surface area contributed by atoms with Crippen LogP contribution in [-0.2, 0) is 0 Å². The van der Waals surface area contributed by atoms with Crippen LogP contribution in [0.1, 0.15) is 10.4 Å². The minimum atomic E-state index is -0.630. The van der Waals surface area contributed by atoms with Crippen LogP contribution in [0.2, 0.25) is 0 Å². The molecule has 2 rings (SSSR count). The number of hydrogen-bond acceptors (Lipinski definition) is 2. The third-order valence-electron chi connectivity index (χ3n) is 2.58. The van der Waals surface area contributed by atoms with Crippen LogP contribution >= 0.6 is 38.5 Å². The summed E-state index contributed by atoms with van der Waals surface area (Å²) in [6, 6.07) is 11.6. The van der Waals surface area contributed by atoms with Crippen molar-refractivity contribution in [2.24, 2.45) is 5.73 Å². The Morgan fingerprint density at radius 3 is 2.14 bits per heavy atom. The fourth-order valence-electron chi connectivity index (χ4n) is 1.65. The first-order chi connectivity index (χ1) is 9.95. The number of anilines is 2. The van der Waals surface area contributed by atoms with Gasteiger partial charge in [0.25, 0.3) is 5.91 Å². The first kappa shape index (κ1) is 15.8. The highest BCUT2D eigenvalue weighted by Gasteiger charge is 2.10. The first-order valence-electron chi connectivity index (χ1n) is 5.88. The van der Waals surface area contributed by atoms with Crippen molar-refractivity contribution in [2.45, 2.75) is 0 Å². The summed E-state index contributed by atoms with van der Waals surface area (Å²) in [6.45, 7) is 0. The molecule has 4 N–H and O–H groups in total. The van der Waals surface area contributed by atoms with Gasteiger partial charge in [-0.1, -0.05) is 0 Å². The van der Waals surface area contributed by atoms with Crippen molar-refractivity contribution in [3.05, 3.63) is 56.1 Å². The van der Waals surface area contributed by atoms with E-state index in [1.54, 1.807) is 30.3 Å². The fraction of sp³-hybridized carbons (Fsp3) is 0. The molecule has 0 atom stereocenters. The standard InChI is InChI=1S/C14H11BrIN3O2/c15-12-6-1-8(16)7-11(12)13(20)18-9-2-4-10(5-3-9)19-14(17)21/h1-7H,(H,18,20)(H3,17,19,21). The van der Waals surface area contributed by atoms with Gasteiger partial charge in [-0.15, -0.1) is 0 Å². The van der Waals surface area contributed by atoms with Gasteiger partial charge in [0.2, 0.25) is 0 Å². The van der Waals surface area contributed by atoms with Crippen LogP contribution in [0.4, 0.5) is 16.2 Å².